The lowest BCUT2D eigenvalue weighted by Gasteiger charge is -2.29. The van der Waals surface area contributed by atoms with E-state index in [1.807, 2.05) is 4.90 Å². The molecule has 0 saturated carbocycles. The standard InChI is InChI=1S/C18H20N4O3/c1-19-17(23)13-4-2-5-14(12-13)21-18(24)15-6-3-7-20-16(15)22-8-10-25-11-9-22/h2-7,12H,8-11H2,1H3,(H,19,23)(H,21,24). The number of amides is 2. The zero-order valence-corrected chi connectivity index (χ0v) is 14.0. The Hall–Kier alpha value is -2.93. The van der Waals surface area contributed by atoms with Crippen molar-refractivity contribution < 1.29 is 14.3 Å². The van der Waals surface area contributed by atoms with Gasteiger partial charge >= 0.3 is 0 Å². The van der Waals surface area contributed by atoms with Crippen LogP contribution in [0.5, 0.6) is 0 Å². The molecule has 0 radical (unpaired) electrons. The first-order chi connectivity index (χ1) is 12.2. The number of morpholine rings is 1. The number of rotatable bonds is 4. The van der Waals surface area contributed by atoms with E-state index < -0.39 is 0 Å². The minimum absolute atomic E-state index is 0.202. The molecule has 0 aliphatic carbocycles. The van der Waals surface area contributed by atoms with Crippen molar-refractivity contribution in [1.29, 1.82) is 0 Å². The van der Waals surface area contributed by atoms with Gasteiger partial charge in [0.2, 0.25) is 0 Å². The van der Waals surface area contributed by atoms with Crippen LogP contribution in [-0.4, -0.2) is 50.1 Å². The topological polar surface area (TPSA) is 83.6 Å². The van der Waals surface area contributed by atoms with Crippen LogP contribution in [0.4, 0.5) is 11.5 Å². The summed E-state index contributed by atoms with van der Waals surface area (Å²) >= 11 is 0. The Morgan fingerprint density at radius 2 is 1.92 bits per heavy atom. The predicted molar refractivity (Wildman–Crippen MR) is 95.1 cm³/mol. The number of nitrogens with one attached hydrogen (secondary N) is 2. The molecule has 2 heterocycles. The number of nitrogens with zero attached hydrogens (tertiary/aromatic N) is 2. The number of carbonyl (C=O) groups excluding carboxylic acids is 2. The lowest BCUT2D eigenvalue weighted by molar-refractivity contribution is 0.0961. The molecule has 2 aromatic rings. The second-order valence-electron chi connectivity index (χ2n) is 5.59. The first-order valence-corrected chi connectivity index (χ1v) is 8.10. The number of pyridine rings is 1. The Morgan fingerprint density at radius 1 is 1.12 bits per heavy atom. The number of benzene rings is 1. The lowest BCUT2D eigenvalue weighted by Crippen LogP contribution is -2.38. The van der Waals surface area contributed by atoms with Crippen LogP contribution < -0.4 is 15.5 Å². The summed E-state index contributed by atoms with van der Waals surface area (Å²) in [5.41, 5.74) is 1.54. The van der Waals surface area contributed by atoms with E-state index in [0.29, 0.717) is 48.9 Å². The van der Waals surface area contributed by atoms with Gasteiger partial charge in [0.15, 0.2) is 0 Å². The van der Waals surface area contributed by atoms with Gasteiger partial charge in [-0.05, 0) is 30.3 Å². The minimum atomic E-state index is -0.261. The Kier molecular flexibility index (Phi) is 5.25. The molecular formula is C18H20N4O3. The molecule has 3 rings (SSSR count). The zero-order valence-electron chi connectivity index (χ0n) is 14.0. The van der Waals surface area contributed by atoms with Crippen LogP contribution in [0.1, 0.15) is 20.7 Å². The SMILES string of the molecule is CNC(=O)c1cccc(NC(=O)c2cccnc2N2CCOCC2)c1. The van der Waals surface area contributed by atoms with Crippen LogP contribution in [0.25, 0.3) is 0 Å². The van der Waals surface area contributed by atoms with Gasteiger partial charge in [-0.25, -0.2) is 4.98 Å². The van der Waals surface area contributed by atoms with Gasteiger partial charge in [-0.1, -0.05) is 6.07 Å². The van der Waals surface area contributed by atoms with Crippen molar-refractivity contribution >= 4 is 23.3 Å². The molecule has 7 heteroatoms. The summed E-state index contributed by atoms with van der Waals surface area (Å²) < 4.78 is 5.36. The summed E-state index contributed by atoms with van der Waals surface area (Å²) in [5, 5.41) is 5.41. The fourth-order valence-corrected chi connectivity index (χ4v) is 2.68. The first-order valence-electron chi connectivity index (χ1n) is 8.10. The highest BCUT2D eigenvalue weighted by molar-refractivity contribution is 6.08. The number of carbonyl (C=O) groups is 2. The monoisotopic (exact) mass is 340 g/mol. The Balaban J connectivity index is 1.81. The molecule has 1 aliphatic heterocycles. The Morgan fingerprint density at radius 3 is 2.68 bits per heavy atom. The number of ether oxygens (including phenoxy) is 1. The number of hydrogen-bond donors (Lipinski definition) is 2. The van der Waals surface area contributed by atoms with Crippen LogP contribution in [-0.2, 0) is 4.74 Å². The van der Waals surface area contributed by atoms with Gasteiger partial charge in [0.1, 0.15) is 5.82 Å². The van der Waals surface area contributed by atoms with Gasteiger partial charge in [0.25, 0.3) is 11.8 Å². The van der Waals surface area contributed by atoms with Crippen molar-refractivity contribution in [3.05, 3.63) is 53.7 Å². The lowest BCUT2D eigenvalue weighted by atomic mass is 10.1. The summed E-state index contributed by atoms with van der Waals surface area (Å²) in [4.78, 5) is 30.9. The van der Waals surface area contributed by atoms with Crippen LogP contribution in [0.3, 0.4) is 0 Å². The van der Waals surface area contributed by atoms with Gasteiger partial charge in [-0.3, -0.25) is 9.59 Å². The molecule has 0 atom stereocenters. The highest BCUT2D eigenvalue weighted by atomic mass is 16.5. The average Bonchev–Trinajstić information content (AvgIpc) is 2.68. The third kappa shape index (κ3) is 3.95. The van der Waals surface area contributed by atoms with Crippen molar-refractivity contribution in [1.82, 2.24) is 10.3 Å². The highest BCUT2D eigenvalue weighted by Crippen LogP contribution is 2.20. The fourth-order valence-electron chi connectivity index (χ4n) is 2.68. The van der Waals surface area contributed by atoms with Gasteiger partial charge < -0.3 is 20.3 Å². The molecule has 1 aliphatic rings. The van der Waals surface area contributed by atoms with Crippen molar-refractivity contribution in [3.8, 4) is 0 Å². The van der Waals surface area contributed by atoms with Gasteiger partial charge in [-0.2, -0.15) is 0 Å². The molecule has 7 nitrogen and oxygen atoms in total. The van der Waals surface area contributed by atoms with Gasteiger partial charge in [0.05, 0.1) is 18.8 Å². The van der Waals surface area contributed by atoms with Crippen molar-refractivity contribution in [3.63, 3.8) is 0 Å². The van der Waals surface area contributed by atoms with Crippen molar-refractivity contribution in [2.75, 3.05) is 43.6 Å². The molecule has 2 amide bonds. The summed E-state index contributed by atoms with van der Waals surface area (Å²) in [6, 6.07) is 10.3. The number of anilines is 2. The summed E-state index contributed by atoms with van der Waals surface area (Å²) in [6.07, 6.45) is 1.67. The molecule has 1 saturated heterocycles. The van der Waals surface area contributed by atoms with E-state index in [1.54, 1.807) is 49.6 Å². The van der Waals surface area contributed by atoms with Crippen molar-refractivity contribution in [2.24, 2.45) is 0 Å². The second-order valence-corrected chi connectivity index (χ2v) is 5.59. The average molecular weight is 340 g/mol. The highest BCUT2D eigenvalue weighted by Gasteiger charge is 2.20. The molecule has 25 heavy (non-hydrogen) atoms. The zero-order chi connectivity index (χ0) is 17.6. The van der Waals surface area contributed by atoms with E-state index in [0.717, 1.165) is 0 Å². The largest absolute Gasteiger partial charge is 0.378 e. The second kappa shape index (κ2) is 7.76. The van der Waals surface area contributed by atoms with Crippen LogP contribution in [0.15, 0.2) is 42.6 Å². The summed E-state index contributed by atoms with van der Waals surface area (Å²) in [6.45, 7) is 2.63. The Labute approximate surface area is 146 Å². The molecule has 0 unspecified atom stereocenters. The fraction of sp³-hybridized carbons (Fsp3) is 0.278. The van der Waals surface area contributed by atoms with E-state index in [1.165, 1.54) is 0 Å². The van der Waals surface area contributed by atoms with E-state index in [2.05, 4.69) is 15.6 Å². The third-order valence-electron chi connectivity index (χ3n) is 3.95. The van der Waals surface area contributed by atoms with E-state index in [4.69, 9.17) is 4.74 Å². The molecule has 1 aromatic heterocycles. The van der Waals surface area contributed by atoms with E-state index >= 15 is 0 Å². The number of hydrogen-bond acceptors (Lipinski definition) is 5. The van der Waals surface area contributed by atoms with Gasteiger partial charge in [-0.15, -0.1) is 0 Å². The summed E-state index contributed by atoms with van der Waals surface area (Å²) in [7, 11) is 1.57. The van der Waals surface area contributed by atoms with Gasteiger partial charge in [0, 0.05) is 37.6 Å². The first kappa shape index (κ1) is 16.9. The molecule has 0 spiro atoms. The molecule has 2 N–H and O–H groups in total. The molecule has 0 bridgehead atoms. The maximum Gasteiger partial charge on any atom is 0.259 e. The van der Waals surface area contributed by atoms with Crippen LogP contribution >= 0.6 is 0 Å². The van der Waals surface area contributed by atoms with E-state index in [9.17, 15) is 9.59 Å². The predicted octanol–water partition coefficient (Wildman–Crippen LogP) is 1.53. The van der Waals surface area contributed by atoms with E-state index in [-0.39, 0.29) is 11.8 Å². The normalized spacial score (nSPS) is 14.0. The Bertz CT molecular complexity index is 772. The molecule has 1 aromatic carbocycles. The smallest absolute Gasteiger partial charge is 0.259 e. The maximum absolute atomic E-state index is 12.7. The number of aromatic nitrogens is 1. The molecule has 130 valence electrons. The molecular weight excluding hydrogens is 320 g/mol. The van der Waals surface area contributed by atoms with Crippen LogP contribution in [0.2, 0.25) is 0 Å². The summed E-state index contributed by atoms with van der Waals surface area (Å²) in [5.74, 6) is 0.181. The maximum atomic E-state index is 12.7. The minimum Gasteiger partial charge on any atom is -0.378 e. The van der Waals surface area contributed by atoms with Crippen molar-refractivity contribution in [2.45, 2.75) is 0 Å². The molecule has 1 fully saturated rings. The van der Waals surface area contributed by atoms with Crippen LogP contribution in [0, 0.1) is 0 Å². The third-order valence-corrected chi connectivity index (χ3v) is 3.95. The quantitative estimate of drug-likeness (QED) is 0.882.